The quantitative estimate of drug-likeness (QED) is 0.658. The monoisotopic (exact) mass is 475 g/mol. The molecule has 0 aliphatic carbocycles. The predicted octanol–water partition coefficient (Wildman–Crippen LogP) is 3.24. The van der Waals surface area contributed by atoms with Crippen LogP contribution in [0.1, 0.15) is 35.2 Å². The summed E-state index contributed by atoms with van der Waals surface area (Å²) < 4.78 is 73.1. The number of carbonyl (C=O) groups is 1. The zero-order chi connectivity index (χ0) is 22.8. The van der Waals surface area contributed by atoms with Crippen molar-refractivity contribution in [2.75, 3.05) is 29.8 Å². The van der Waals surface area contributed by atoms with E-state index in [2.05, 4.69) is 4.72 Å². The Morgan fingerprint density at radius 2 is 1.75 bits per heavy atom. The molecule has 0 amide bonds. The number of benzene rings is 2. The van der Waals surface area contributed by atoms with Crippen molar-refractivity contribution in [2.45, 2.75) is 30.3 Å². The second kappa shape index (κ2) is 9.65. The Hall–Kier alpha value is -2.99. The Kier molecular flexibility index (Phi) is 7.62. The van der Waals surface area contributed by atoms with Gasteiger partial charge in [-0.2, -0.15) is 13.2 Å². The van der Waals surface area contributed by atoms with E-state index < -0.39 is 38.2 Å². The normalized spacial score (nSPS) is 14.4. The van der Waals surface area contributed by atoms with Crippen molar-refractivity contribution >= 4 is 27.4 Å². The minimum atomic E-state index is -4.67. The number of methoxy groups -OCH3 is 1. The third-order valence-electron chi connectivity index (χ3n) is 4.95. The van der Waals surface area contributed by atoms with E-state index in [0.29, 0.717) is 18.8 Å². The number of carbonyl (C=O) groups excluding carboxylic acids is 1. The van der Waals surface area contributed by atoms with Gasteiger partial charge in [0.25, 0.3) is 10.0 Å². The van der Waals surface area contributed by atoms with Crippen LogP contribution in [0.5, 0.6) is 5.75 Å². The molecule has 5 N–H and O–H groups in total. The summed E-state index contributed by atoms with van der Waals surface area (Å²) in [6, 6.07) is 5.95. The smallest absolute Gasteiger partial charge is 0.416 e. The van der Waals surface area contributed by atoms with Gasteiger partial charge in [-0.15, -0.1) is 0 Å². The Morgan fingerprint density at radius 1 is 1.09 bits per heavy atom. The highest BCUT2D eigenvalue weighted by atomic mass is 32.2. The molecule has 8 nitrogen and oxygen atoms in total. The number of sulfonamides is 1. The van der Waals surface area contributed by atoms with E-state index in [-0.39, 0.29) is 17.6 Å². The molecule has 0 aromatic heterocycles. The first kappa shape index (κ1) is 25.3. The van der Waals surface area contributed by atoms with Gasteiger partial charge in [-0.3, -0.25) is 4.72 Å². The Bertz CT molecular complexity index is 1080. The number of quaternary nitrogens is 1. The number of ether oxygens (including phenoxy) is 1. The van der Waals surface area contributed by atoms with Gasteiger partial charge in [0.05, 0.1) is 30.0 Å². The van der Waals surface area contributed by atoms with Crippen LogP contribution in [0.4, 0.5) is 24.5 Å². The second-order valence-electron chi connectivity index (χ2n) is 7.04. The summed E-state index contributed by atoms with van der Waals surface area (Å²) >= 11 is 0. The van der Waals surface area contributed by atoms with Crippen LogP contribution in [0, 0.1) is 0 Å². The molecule has 1 aliphatic rings. The minimum Gasteiger partial charge on any atom is -0.545 e. The molecule has 1 fully saturated rings. The van der Waals surface area contributed by atoms with Crippen molar-refractivity contribution < 1.29 is 36.2 Å². The van der Waals surface area contributed by atoms with Gasteiger partial charge in [0.1, 0.15) is 10.6 Å². The Balaban J connectivity index is 0.00000363. The Morgan fingerprint density at radius 3 is 2.31 bits per heavy atom. The van der Waals surface area contributed by atoms with Crippen molar-refractivity contribution in [2.24, 2.45) is 0 Å². The zero-order valence-electron chi connectivity index (χ0n) is 17.5. The van der Waals surface area contributed by atoms with Gasteiger partial charge >= 0.3 is 6.18 Å². The lowest BCUT2D eigenvalue weighted by Gasteiger charge is -2.31. The van der Waals surface area contributed by atoms with E-state index in [0.717, 1.165) is 49.6 Å². The minimum absolute atomic E-state index is 0. The lowest BCUT2D eigenvalue weighted by Crippen LogP contribution is -2.30. The molecule has 32 heavy (non-hydrogen) atoms. The summed E-state index contributed by atoms with van der Waals surface area (Å²) in [5.41, 5.74) is -1.37. The van der Waals surface area contributed by atoms with Crippen LogP contribution in [-0.4, -0.2) is 34.6 Å². The van der Waals surface area contributed by atoms with Gasteiger partial charge in [0.15, 0.2) is 0 Å². The van der Waals surface area contributed by atoms with Crippen molar-refractivity contribution in [1.82, 2.24) is 6.15 Å². The number of rotatable bonds is 6. The molecule has 0 radical (unpaired) electrons. The molecule has 2 aromatic rings. The number of piperidine rings is 1. The SMILES string of the molecule is COc1ccc(C(=O)[O-])cc1S(=O)(=O)Nc1cc(C(F)(F)F)ccc1N1CCCCC1.[NH4+]. The van der Waals surface area contributed by atoms with Gasteiger partial charge in [-0.1, -0.05) is 0 Å². The highest BCUT2D eigenvalue weighted by molar-refractivity contribution is 7.92. The summed E-state index contributed by atoms with van der Waals surface area (Å²) in [7, 11) is -3.30. The topological polar surface area (TPSA) is 135 Å². The van der Waals surface area contributed by atoms with E-state index in [1.54, 1.807) is 0 Å². The summed E-state index contributed by atoms with van der Waals surface area (Å²) in [6.45, 7) is 1.15. The fourth-order valence-electron chi connectivity index (χ4n) is 3.42. The largest absolute Gasteiger partial charge is 0.545 e. The molecule has 0 bridgehead atoms. The summed E-state index contributed by atoms with van der Waals surface area (Å²) in [4.78, 5) is 12.4. The first-order valence-electron chi connectivity index (χ1n) is 9.41. The summed E-state index contributed by atoms with van der Waals surface area (Å²) in [5.74, 6) is -1.77. The summed E-state index contributed by atoms with van der Waals surface area (Å²) in [5, 5.41) is 11.2. The van der Waals surface area contributed by atoms with E-state index in [1.165, 1.54) is 13.2 Å². The molecule has 12 heteroatoms. The molecule has 1 heterocycles. The molecule has 1 aliphatic heterocycles. The fourth-order valence-corrected chi connectivity index (χ4v) is 4.68. The molecule has 0 spiro atoms. The van der Waals surface area contributed by atoms with Crippen LogP contribution in [0.2, 0.25) is 0 Å². The number of hydrogen-bond acceptors (Lipinski definition) is 6. The van der Waals surface area contributed by atoms with Gasteiger partial charge in [-0.25, -0.2) is 8.42 Å². The van der Waals surface area contributed by atoms with E-state index in [1.807, 2.05) is 4.90 Å². The van der Waals surface area contributed by atoms with Crippen LogP contribution >= 0.6 is 0 Å². The van der Waals surface area contributed by atoms with Gasteiger partial charge < -0.3 is 25.7 Å². The highest BCUT2D eigenvalue weighted by Gasteiger charge is 2.32. The first-order valence-corrected chi connectivity index (χ1v) is 10.9. The fraction of sp³-hybridized carbons (Fsp3) is 0.350. The number of halogens is 3. The van der Waals surface area contributed by atoms with Gasteiger partial charge in [-0.05, 0) is 61.2 Å². The first-order chi connectivity index (χ1) is 14.5. The van der Waals surface area contributed by atoms with Crippen molar-refractivity contribution in [3.8, 4) is 5.75 Å². The van der Waals surface area contributed by atoms with Crippen molar-refractivity contribution in [3.63, 3.8) is 0 Å². The second-order valence-corrected chi connectivity index (χ2v) is 8.69. The maximum absolute atomic E-state index is 13.3. The van der Waals surface area contributed by atoms with Gasteiger partial charge in [0, 0.05) is 13.1 Å². The third kappa shape index (κ3) is 5.43. The Labute approximate surface area is 183 Å². The number of hydrogen-bond donors (Lipinski definition) is 2. The zero-order valence-corrected chi connectivity index (χ0v) is 18.3. The summed E-state index contributed by atoms with van der Waals surface area (Å²) in [6.07, 6.45) is -2.04. The van der Waals surface area contributed by atoms with Crippen LogP contribution in [0.3, 0.4) is 0 Å². The molecular weight excluding hydrogens is 451 g/mol. The average Bonchev–Trinajstić information content (AvgIpc) is 2.73. The molecular formula is C20H24F3N3O5S. The standard InChI is InChI=1S/C20H21F3N2O5S.H3N/c1-30-17-8-5-13(19(26)27)11-18(17)31(28,29)24-15-12-14(20(21,22)23)6-7-16(15)25-9-3-2-4-10-25;/h5-8,11-12,24H,2-4,9-10H2,1H3,(H,26,27);1H3. The molecule has 1 saturated heterocycles. The van der Waals surface area contributed by atoms with Crippen LogP contribution < -0.4 is 25.6 Å². The van der Waals surface area contributed by atoms with E-state index >= 15 is 0 Å². The molecule has 0 atom stereocenters. The van der Waals surface area contributed by atoms with Crippen LogP contribution in [-0.2, 0) is 16.2 Å². The van der Waals surface area contributed by atoms with Crippen molar-refractivity contribution in [3.05, 3.63) is 47.5 Å². The lowest BCUT2D eigenvalue weighted by atomic mass is 10.1. The van der Waals surface area contributed by atoms with Crippen LogP contribution in [0.15, 0.2) is 41.3 Å². The number of nitrogens with one attached hydrogen (secondary N) is 1. The maximum Gasteiger partial charge on any atom is 0.416 e. The number of aromatic carboxylic acids is 1. The molecule has 0 saturated carbocycles. The number of carboxylic acid groups (broad SMARTS) is 1. The predicted molar refractivity (Wildman–Crippen MR) is 112 cm³/mol. The third-order valence-corrected chi connectivity index (χ3v) is 6.34. The number of alkyl halides is 3. The number of carboxylic acids is 1. The van der Waals surface area contributed by atoms with Gasteiger partial charge in [0.2, 0.25) is 0 Å². The molecule has 0 unspecified atom stereocenters. The molecule has 2 aromatic carbocycles. The highest BCUT2D eigenvalue weighted by Crippen LogP contribution is 2.38. The molecule has 176 valence electrons. The lowest BCUT2D eigenvalue weighted by molar-refractivity contribution is -0.255. The van der Waals surface area contributed by atoms with E-state index in [4.69, 9.17) is 4.74 Å². The maximum atomic E-state index is 13.3. The van der Waals surface area contributed by atoms with Crippen molar-refractivity contribution in [1.29, 1.82) is 0 Å². The average molecular weight is 475 g/mol. The van der Waals surface area contributed by atoms with Crippen LogP contribution in [0.25, 0.3) is 0 Å². The van der Waals surface area contributed by atoms with E-state index in [9.17, 15) is 31.5 Å². The number of nitrogens with zero attached hydrogens (tertiary/aromatic N) is 1. The number of anilines is 2. The molecule has 3 rings (SSSR count).